The highest BCUT2D eigenvalue weighted by atomic mass is 35.5. The van der Waals surface area contributed by atoms with Crippen molar-refractivity contribution in [1.29, 1.82) is 0 Å². The fourth-order valence-electron chi connectivity index (χ4n) is 5.80. The zero-order valence-electron chi connectivity index (χ0n) is 21.7. The summed E-state index contributed by atoms with van der Waals surface area (Å²) in [5.41, 5.74) is 8.05. The molecule has 1 saturated heterocycles. The lowest BCUT2D eigenvalue weighted by molar-refractivity contribution is 0.0696. The van der Waals surface area contributed by atoms with Gasteiger partial charge in [-0.3, -0.25) is 4.39 Å². The van der Waals surface area contributed by atoms with Crippen LogP contribution in [0.1, 0.15) is 57.4 Å². The van der Waals surface area contributed by atoms with E-state index in [-0.39, 0.29) is 6.67 Å². The Bertz CT molecular complexity index is 1350. The summed E-state index contributed by atoms with van der Waals surface area (Å²) in [4.78, 5) is 14.0. The van der Waals surface area contributed by atoms with Crippen LogP contribution < -0.4 is 4.74 Å². The number of benzene rings is 3. The van der Waals surface area contributed by atoms with Crippen LogP contribution in [0.25, 0.3) is 11.1 Å². The van der Waals surface area contributed by atoms with Gasteiger partial charge >= 0.3 is 5.97 Å². The van der Waals surface area contributed by atoms with E-state index in [1.165, 1.54) is 5.56 Å². The maximum atomic E-state index is 12.4. The number of nitrogens with zero attached hydrogens (tertiary/aromatic N) is 1. The van der Waals surface area contributed by atoms with E-state index in [1.807, 2.05) is 30.3 Å². The molecule has 3 aromatic carbocycles. The van der Waals surface area contributed by atoms with Gasteiger partial charge in [0, 0.05) is 19.6 Å². The van der Waals surface area contributed by atoms with Crippen LogP contribution in [-0.2, 0) is 12.8 Å². The van der Waals surface area contributed by atoms with Crippen molar-refractivity contribution >= 4 is 28.7 Å². The first-order valence-corrected chi connectivity index (χ1v) is 13.7. The zero-order valence-corrected chi connectivity index (χ0v) is 22.4. The zero-order chi connectivity index (χ0) is 26.6. The Morgan fingerprint density at radius 2 is 1.82 bits per heavy atom. The molecule has 1 aliphatic carbocycles. The SMILES string of the molecule is COc1ccc(C2=C(c3ccc(CC4CN(CCCF)C4)cc3)c3ccc(C(=O)O)cc3CCC2)c(Cl)c1. The number of methoxy groups -OCH3 is 1. The Hall–Kier alpha value is -3.15. The minimum atomic E-state index is -0.912. The minimum Gasteiger partial charge on any atom is -0.497 e. The number of ether oxygens (including phenoxy) is 1. The molecule has 6 heteroatoms. The topological polar surface area (TPSA) is 49.8 Å². The molecule has 0 amide bonds. The number of halogens is 2. The number of carboxylic acid groups (broad SMARTS) is 1. The fraction of sp³-hybridized carbons (Fsp3) is 0.344. The fourth-order valence-corrected chi connectivity index (χ4v) is 6.08. The van der Waals surface area contributed by atoms with Crippen LogP contribution in [0.4, 0.5) is 4.39 Å². The van der Waals surface area contributed by atoms with E-state index in [0.29, 0.717) is 28.7 Å². The van der Waals surface area contributed by atoms with Gasteiger partial charge in [0.25, 0.3) is 0 Å². The van der Waals surface area contributed by atoms with Gasteiger partial charge in [-0.2, -0.15) is 0 Å². The molecule has 2 aliphatic rings. The second-order valence-electron chi connectivity index (χ2n) is 10.3. The molecule has 4 nitrogen and oxygen atoms in total. The molecule has 0 radical (unpaired) electrons. The summed E-state index contributed by atoms with van der Waals surface area (Å²) < 4.78 is 17.8. The summed E-state index contributed by atoms with van der Waals surface area (Å²) in [5.74, 6) is 0.413. The van der Waals surface area contributed by atoms with Crippen LogP contribution in [-0.4, -0.2) is 49.4 Å². The van der Waals surface area contributed by atoms with E-state index in [9.17, 15) is 14.3 Å². The molecule has 1 fully saturated rings. The maximum Gasteiger partial charge on any atom is 0.335 e. The van der Waals surface area contributed by atoms with Gasteiger partial charge in [0.15, 0.2) is 0 Å². The van der Waals surface area contributed by atoms with Gasteiger partial charge in [0.05, 0.1) is 24.4 Å². The van der Waals surface area contributed by atoms with Crippen LogP contribution in [0.5, 0.6) is 5.75 Å². The Kier molecular flexibility index (Phi) is 8.15. The summed E-state index contributed by atoms with van der Waals surface area (Å²) in [6, 6.07) is 20.0. The van der Waals surface area contributed by atoms with Gasteiger partial charge in [-0.15, -0.1) is 0 Å². The molecule has 1 heterocycles. The average Bonchev–Trinajstić information content (AvgIpc) is 3.09. The lowest BCUT2D eigenvalue weighted by atomic mass is 9.86. The number of likely N-dealkylation sites (tertiary alicyclic amines) is 1. The third kappa shape index (κ3) is 5.64. The molecule has 1 aliphatic heterocycles. The molecule has 5 rings (SSSR count). The number of fused-ring (bicyclic) bond motifs is 1. The summed E-state index contributed by atoms with van der Waals surface area (Å²) in [5, 5.41) is 10.2. The van der Waals surface area contributed by atoms with Crippen molar-refractivity contribution in [2.75, 3.05) is 33.4 Å². The monoisotopic (exact) mass is 533 g/mol. The quantitative estimate of drug-likeness (QED) is 0.316. The van der Waals surface area contributed by atoms with Crippen LogP contribution in [0.3, 0.4) is 0 Å². The van der Waals surface area contributed by atoms with Gasteiger partial charge in [-0.25, -0.2) is 4.79 Å². The van der Waals surface area contributed by atoms with Gasteiger partial charge in [-0.05, 0) is 107 Å². The number of aromatic carboxylic acids is 1. The molecule has 38 heavy (non-hydrogen) atoms. The maximum absolute atomic E-state index is 12.4. The molecule has 0 aromatic heterocycles. The van der Waals surface area contributed by atoms with E-state index < -0.39 is 5.97 Å². The smallest absolute Gasteiger partial charge is 0.335 e. The molecule has 0 spiro atoms. The summed E-state index contributed by atoms with van der Waals surface area (Å²) >= 11 is 6.77. The van der Waals surface area contributed by atoms with Crippen molar-refractivity contribution in [1.82, 2.24) is 4.90 Å². The Morgan fingerprint density at radius 3 is 2.50 bits per heavy atom. The van der Waals surface area contributed by atoms with E-state index >= 15 is 0 Å². The molecule has 0 unspecified atom stereocenters. The second kappa shape index (κ2) is 11.7. The lowest BCUT2D eigenvalue weighted by Gasteiger charge is -2.39. The third-order valence-electron chi connectivity index (χ3n) is 7.71. The number of rotatable bonds is 9. The number of hydrogen-bond acceptors (Lipinski definition) is 3. The lowest BCUT2D eigenvalue weighted by Crippen LogP contribution is -2.47. The molecule has 1 N–H and O–H groups in total. The number of allylic oxidation sites excluding steroid dienone is 1. The van der Waals surface area contributed by atoms with Crippen molar-refractivity contribution in [3.8, 4) is 5.75 Å². The van der Waals surface area contributed by atoms with E-state index in [4.69, 9.17) is 16.3 Å². The summed E-state index contributed by atoms with van der Waals surface area (Å²) in [6.07, 6.45) is 4.16. The second-order valence-corrected chi connectivity index (χ2v) is 10.7. The summed E-state index contributed by atoms with van der Waals surface area (Å²) in [7, 11) is 1.63. The highest BCUT2D eigenvalue weighted by Gasteiger charge is 2.26. The van der Waals surface area contributed by atoms with Crippen LogP contribution in [0.15, 0.2) is 60.7 Å². The predicted octanol–water partition coefficient (Wildman–Crippen LogP) is 7.18. The van der Waals surface area contributed by atoms with Crippen molar-refractivity contribution in [2.45, 2.75) is 32.1 Å². The summed E-state index contributed by atoms with van der Waals surface area (Å²) in [6.45, 7) is 2.67. The first-order valence-electron chi connectivity index (χ1n) is 13.3. The van der Waals surface area contributed by atoms with Crippen molar-refractivity contribution < 1.29 is 19.0 Å². The van der Waals surface area contributed by atoms with Crippen molar-refractivity contribution in [3.63, 3.8) is 0 Å². The number of aryl methyl sites for hydroxylation is 1. The van der Waals surface area contributed by atoms with Crippen molar-refractivity contribution in [3.05, 3.63) is 99.1 Å². The number of hydrogen-bond donors (Lipinski definition) is 1. The van der Waals surface area contributed by atoms with Gasteiger partial charge in [0.2, 0.25) is 0 Å². The minimum absolute atomic E-state index is 0.247. The molecule has 0 bridgehead atoms. The van der Waals surface area contributed by atoms with Gasteiger partial charge in [0.1, 0.15) is 5.75 Å². The third-order valence-corrected chi connectivity index (χ3v) is 8.02. The van der Waals surface area contributed by atoms with Gasteiger partial charge in [-0.1, -0.05) is 41.9 Å². The van der Waals surface area contributed by atoms with Crippen LogP contribution in [0, 0.1) is 5.92 Å². The number of alkyl halides is 1. The molecular weight excluding hydrogens is 501 g/mol. The molecule has 3 aromatic rings. The number of carboxylic acids is 1. The molecule has 198 valence electrons. The van der Waals surface area contributed by atoms with Gasteiger partial charge < -0.3 is 14.7 Å². The van der Waals surface area contributed by atoms with Crippen molar-refractivity contribution in [2.24, 2.45) is 5.92 Å². The Morgan fingerprint density at radius 1 is 1.05 bits per heavy atom. The molecular formula is C32H33ClFNO3. The Labute approximate surface area is 228 Å². The molecule has 0 saturated carbocycles. The first kappa shape index (κ1) is 26.5. The normalized spacial score (nSPS) is 16.1. The molecule has 0 atom stereocenters. The van der Waals surface area contributed by atoms with Crippen LogP contribution in [0.2, 0.25) is 5.02 Å². The first-order chi connectivity index (χ1) is 18.5. The number of carbonyl (C=O) groups is 1. The standard InChI is InChI=1S/C32H33ClFNO3/c1-38-26-11-13-28(30(33)18-26)29-5-2-4-24-17-25(32(36)37)10-12-27(24)31(29)23-8-6-21(7-9-23)16-22-19-35(20-22)15-3-14-34/h6-13,17-18,22H,2-5,14-16,19-20H2,1H3,(H,36,37). The van der Waals surface area contributed by atoms with Crippen LogP contribution >= 0.6 is 11.6 Å². The van der Waals surface area contributed by atoms with E-state index in [0.717, 1.165) is 78.7 Å². The predicted molar refractivity (Wildman–Crippen MR) is 151 cm³/mol. The van der Waals surface area contributed by atoms with E-state index in [1.54, 1.807) is 13.2 Å². The highest BCUT2D eigenvalue weighted by molar-refractivity contribution is 6.33. The van der Waals surface area contributed by atoms with E-state index in [2.05, 4.69) is 29.2 Å². The largest absolute Gasteiger partial charge is 0.497 e. The Balaban J connectivity index is 1.51. The highest BCUT2D eigenvalue weighted by Crippen LogP contribution is 2.42. The average molecular weight is 534 g/mol.